The van der Waals surface area contributed by atoms with Gasteiger partial charge in [0.25, 0.3) is 0 Å². The molecule has 110 valence electrons. The number of aliphatic carboxylic acids is 1. The topological polar surface area (TPSA) is 46.5 Å². The number of carbonyl (C=O) groups is 1. The molecule has 1 N–H and O–H groups in total. The predicted molar refractivity (Wildman–Crippen MR) is 82.8 cm³/mol. The third-order valence-electron chi connectivity index (χ3n) is 3.48. The second-order valence-corrected chi connectivity index (χ2v) is 5.08. The van der Waals surface area contributed by atoms with E-state index in [0.29, 0.717) is 12.2 Å². The lowest BCUT2D eigenvalue weighted by atomic mass is 10.00. The number of benzene rings is 2. The number of carboxylic acids is 1. The van der Waals surface area contributed by atoms with Crippen molar-refractivity contribution >= 4 is 5.97 Å². The minimum atomic E-state index is -0.943. The molecule has 0 bridgehead atoms. The van der Waals surface area contributed by atoms with Crippen LogP contribution in [0.15, 0.2) is 48.5 Å². The normalized spacial score (nSPS) is 11.9. The summed E-state index contributed by atoms with van der Waals surface area (Å²) in [6.07, 6.45) is 0.376. The van der Waals surface area contributed by atoms with E-state index in [1.807, 2.05) is 43.3 Å². The Morgan fingerprint density at radius 3 is 2.29 bits per heavy atom. The number of ether oxygens (including phenoxy) is 1. The number of hydrogen-bond acceptors (Lipinski definition) is 2. The lowest BCUT2D eigenvalue weighted by molar-refractivity contribution is -0.145. The van der Waals surface area contributed by atoms with Crippen molar-refractivity contribution in [2.24, 2.45) is 0 Å². The van der Waals surface area contributed by atoms with Crippen LogP contribution in [0.1, 0.15) is 23.6 Å². The van der Waals surface area contributed by atoms with E-state index in [4.69, 9.17) is 4.74 Å². The maximum absolute atomic E-state index is 11.4. The Balaban J connectivity index is 2.16. The first-order valence-corrected chi connectivity index (χ1v) is 7.13. The molecule has 0 heterocycles. The van der Waals surface area contributed by atoms with Crippen LogP contribution in [0.3, 0.4) is 0 Å². The van der Waals surface area contributed by atoms with Crippen molar-refractivity contribution in [3.63, 3.8) is 0 Å². The third-order valence-corrected chi connectivity index (χ3v) is 3.48. The molecule has 3 heteroatoms. The van der Waals surface area contributed by atoms with Crippen LogP contribution in [0.2, 0.25) is 0 Å². The molecule has 0 spiro atoms. The van der Waals surface area contributed by atoms with Crippen molar-refractivity contribution < 1.29 is 14.6 Å². The summed E-state index contributed by atoms with van der Waals surface area (Å²) in [7, 11) is 0. The van der Waals surface area contributed by atoms with E-state index in [1.54, 1.807) is 12.1 Å². The number of hydrogen-bond donors (Lipinski definition) is 1. The molecule has 0 saturated carbocycles. The molecule has 0 aromatic heterocycles. The van der Waals surface area contributed by atoms with Gasteiger partial charge in [0.1, 0.15) is 5.75 Å². The first-order chi connectivity index (χ1) is 10.1. The maximum atomic E-state index is 11.4. The summed E-state index contributed by atoms with van der Waals surface area (Å²) in [4.78, 5) is 11.4. The fraction of sp³-hybridized carbons (Fsp3) is 0.278. The van der Waals surface area contributed by atoms with Gasteiger partial charge in [-0.25, -0.2) is 4.79 Å². The minimum absolute atomic E-state index is 0.368. The van der Waals surface area contributed by atoms with Crippen molar-refractivity contribution in [1.29, 1.82) is 0 Å². The zero-order chi connectivity index (χ0) is 15.2. The van der Waals surface area contributed by atoms with Crippen molar-refractivity contribution in [2.75, 3.05) is 0 Å². The molecule has 0 fully saturated rings. The van der Waals surface area contributed by atoms with Gasteiger partial charge in [0.05, 0.1) is 0 Å². The maximum Gasteiger partial charge on any atom is 0.345 e. The van der Waals surface area contributed by atoms with Crippen LogP contribution >= 0.6 is 0 Å². The van der Waals surface area contributed by atoms with E-state index in [-0.39, 0.29) is 0 Å². The highest BCUT2D eigenvalue weighted by atomic mass is 16.5. The van der Waals surface area contributed by atoms with Crippen molar-refractivity contribution in [1.82, 2.24) is 0 Å². The second kappa shape index (κ2) is 6.93. The smallest absolute Gasteiger partial charge is 0.345 e. The molecule has 0 radical (unpaired) electrons. The second-order valence-electron chi connectivity index (χ2n) is 5.08. The van der Waals surface area contributed by atoms with Crippen LogP contribution in [-0.2, 0) is 17.6 Å². The molecule has 0 unspecified atom stereocenters. The van der Waals surface area contributed by atoms with Gasteiger partial charge >= 0.3 is 5.97 Å². The summed E-state index contributed by atoms with van der Waals surface area (Å²) < 4.78 is 5.63. The van der Waals surface area contributed by atoms with E-state index in [0.717, 1.165) is 23.1 Å². The Kier molecular flexibility index (Phi) is 4.99. The van der Waals surface area contributed by atoms with Crippen LogP contribution in [-0.4, -0.2) is 17.2 Å². The summed E-state index contributed by atoms with van der Waals surface area (Å²) in [6.45, 7) is 4.05. The first kappa shape index (κ1) is 15.1. The summed E-state index contributed by atoms with van der Waals surface area (Å²) in [6, 6.07) is 15.3. The molecule has 2 aromatic carbocycles. The summed E-state index contributed by atoms with van der Waals surface area (Å²) in [5.74, 6) is -0.358. The van der Waals surface area contributed by atoms with Gasteiger partial charge in [-0.3, -0.25) is 0 Å². The van der Waals surface area contributed by atoms with Gasteiger partial charge in [-0.05, 0) is 36.6 Å². The van der Waals surface area contributed by atoms with E-state index >= 15 is 0 Å². The molecule has 2 aromatic rings. The van der Waals surface area contributed by atoms with E-state index in [9.17, 15) is 9.90 Å². The van der Waals surface area contributed by atoms with Gasteiger partial charge in [0.2, 0.25) is 0 Å². The summed E-state index contributed by atoms with van der Waals surface area (Å²) >= 11 is 0. The van der Waals surface area contributed by atoms with Crippen LogP contribution in [0.25, 0.3) is 0 Å². The monoisotopic (exact) mass is 284 g/mol. The number of aryl methyl sites for hydroxylation is 2. The fourth-order valence-corrected chi connectivity index (χ4v) is 2.26. The summed E-state index contributed by atoms with van der Waals surface area (Å²) in [5, 5.41) is 9.39. The quantitative estimate of drug-likeness (QED) is 0.881. The van der Waals surface area contributed by atoms with Gasteiger partial charge in [0, 0.05) is 6.42 Å². The molecule has 0 aliphatic heterocycles. The lowest BCUT2D eigenvalue weighted by Gasteiger charge is -2.17. The highest BCUT2D eigenvalue weighted by molar-refractivity contribution is 5.73. The van der Waals surface area contributed by atoms with Gasteiger partial charge < -0.3 is 9.84 Å². The van der Waals surface area contributed by atoms with Crippen LogP contribution in [0.4, 0.5) is 0 Å². The van der Waals surface area contributed by atoms with Gasteiger partial charge in [0.15, 0.2) is 6.10 Å². The highest BCUT2D eigenvalue weighted by Gasteiger charge is 2.21. The molecular weight excluding hydrogens is 264 g/mol. The molecule has 2 rings (SSSR count). The van der Waals surface area contributed by atoms with E-state index in [1.165, 1.54) is 0 Å². The van der Waals surface area contributed by atoms with Crippen molar-refractivity contribution in [2.45, 2.75) is 32.8 Å². The molecule has 1 atom stereocenters. The molecule has 21 heavy (non-hydrogen) atoms. The zero-order valence-corrected chi connectivity index (χ0v) is 12.4. The largest absolute Gasteiger partial charge is 0.478 e. The van der Waals surface area contributed by atoms with Crippen LogP contribution in [0, 0.1) is 6.92 Å². The van der Waals surface area contributed by atoms with Gasteiger partial charge in [-0.1, -0.05) is 48.9 Å². The average molecular weight is 284 g/mol. The number of rotatable bonds is 6. The van der Waals surface area contributed by atoms with Gasteiger partial charge in [-0.15, -0.1) is 0 Å². The molecule has 0 aliphatic rings. The zero-order valence-electron chi connectivity index (χ0n) is 12.4. The highest BCUT2D eigenvalue weighted by Crippen LogP contribution is 2.18. The molecule has 0 aliphatic carbocycles. The Bertz CT molecular complexity index is 602. The Morgan fingerprint density at radius 1 is 1.10 bits per heavy atom. The predicted octanol–water partition coefficient (Wildman–Crippen LogP) is 3.63. The Labute approximate surface area is 125 Å². The molecule has 0 amide bonds. The van der Waals surface area contributed by atoms with Crippen LogP contribution in [0.5, 0.6) is 5.75 Å². The van der Waals surface area contributed by atoms with Crippen LogP contribution < -0.4 is 4.74 Å². The average Bonchev–Trinajstić information content (AvgIpc) is 2.49. The first-order valence-electron chi connectivity index (χ1n) is 7.13. The van der Waals surface area contributed by atoms with Crippen molar-refractivity contribution in [3.05, 3.63) is 65.2 Å². The van der Waals surface area contributed by atoms with E-state index < -0.39 is 12.1 Å². The fourth-order valence-electron chi connectivity index (χ4n) is 2.26. The van der Waals surface area contributed by atoms with Gasteiger partial charge in [-0.2, -0.15) is 0 Å². The lowest BCUT2D eigenvalue weighted by Crippen LogP contribution is -2.29. The Hall–Kier alpha value is -2.29. The third kappa shape index (κ3) is 4.09. The van der Waals surface area contributed by atoms with Crippen molar-refractivity contribution in [3.8, 4) is 5.75 Å². The molecule has 0 saturated heterocycles. The Morgan fingerprint density at radius 2 is 1.71 bits per heavy atom. The molecular formula is C18H20O3. The SMILES string of the molecule is CCc1ccccc1C[C@H](Oc1ccc(C)cc1)C(=O)O. The standard InChI is InChI=1S/C18H20O3/c1-3-14-6-4-5-7-15(14)12-17(18(19)20)21-16-10-8-13(2)9-11-16/h4-11,17H,3,12H2,1-2H3,(H,19,20)/t17-/m0/s1. The minimum Gasteiger partial charge on any atom is -0.478 e. The number of carboxylic acid groups (broad SMARTS) is 1. The van der Waals surface area contributed by atoms with E-state index in [2.05, 4.69) is 6.92 Å². The molecule has 3 nitrogen and oxygen atoms in total. The summed E-state index contributed by atoms with van der Waals surface area (Å²) in [5.41, 5.74) is 3.31.